The summed E-state index contributed by atoms with van der Waals surface area (Å²) >= 11 is 0. The van der Waals surface area contributed by atoms with Gasteiger partial charge in [-0.05, 0) is 39.0 Å². The van der Waals surface area contributed by atoms with Crippen molar-refractivity contribution in [3.05, 3.63) is 47.4 Å². The van der Waals surface area contributed by atoms with Gasteiger partial charge in [-0.25, -0.2) is 5.43 Å². The average molecular weight is 316 g/mol. The van der Waals surface area contributed by atoms with Gasteiger partial charge in [-0.1, -0.05) is 12.1 Å². The number of carbonyl (C=O) groups excluding carboxylic acids is 1. The summed E-state index contributed by atoms with van der Waals surface area (Å²) in [4.78, 5) is 11.8. The summed E-state index contributed by atoms with van der Waals surface area (Å²) in [5, 5.41) is 4.07. The minimum absolute atomic E-state index is 0.152. The molecule has 1 amide bonds. The molecule has 0 atom stereocenters. The van der Waals surface area contributed by atoms with E-state index < -0.39 is 0 Å². The number of aryl methyl sites for hydroxylation is 2. The SMILES string of the molecule is COc1ccccc1OCC(=O)N/N=C(/C)c1cc(C)oc1C. The highest BCUT2D eigenvalue weighted by Gasteiger charge is 2.09. The molecule has 0 unspecified atom stereocenters. The molecule has 6 nitrogen and oxygen atoms in total. The molecule has 1 heterocycles. The summed E-state index contributed by atoms with van der Waals surface area (Å²) in [6.07, 6.45) is 0. The van der Waals surface area contributed by atoms with Crippen molar-refractivity contribution in [2.75, 3.05) is 13.7 Å². The Morgan fingerprint density at radius 1 is 1.26 bits per heavy atom. The lowest BCUT2D eigenvalue weighted by molar-refractivity contribution is -0.123. The Morgan fingerprint density at radius 3 is 2.57 bits per heavy atom. The van der Waals surface area contributed by atoms with Crippen LogP contribution in [0.5, 0.6) is 11.5 Å². The molecule has 2 rings (SSSR count). The number of furan rings is 1. The Labute approximate surface area is 135 Å². The number of carbonyl (C=O) groups is 1. The minimum Gasteiger partial charge on any atom is -0.493 e. The van der Waals surface area contributed by atoms with Crippen molar-refractivity contribution in [2.24, 2.45) is 5.10 Å². The van der Waals surface area contributed by atoms with Gasteiger partial charge in [0.1, 0.15) is 11.5 Å². The highest BCUT2D eigenvalue weighted by molar-refractivity contribution is 6.00. The Kier molecular flexibility index (Phi) is 5.41. The van der Waals surface area contributed by atoms with Crippen LogP contribution in [0, 0.1) is 13.8 Å². The van der Waals surface area contributed by atoms with E-state index >= 15 is 0 Å². The lowest BCUT2D eigenvalue weighted by Gasteiger charge is -2.09. The van der Waals surface area contributed by atoms with Crippen LogP contribution in [0.4, 0.5) is 0 Å². The normalized spacial score (nSPS) is 11.2. The van der Waals surface area contributed by atoms with Gasteiger partial charge in [0, 0.05) is 5.56 Å². The summed E-state index contributed by atoms with van der Waals surface area (Å²) in [6.45, 7) is 5.37. The zero-order valence-corrected chi connectivity index (χ0v) is 13.7. The first-order valence-corrected chi connectivity index (χ1v) is 7.17. The van der Waals surface area contributed by atoms with Crippen LogP contribution in [0.25, 0.3) is 0 Å². The van der Waals surface area contributed by atoms with E-state index in [2.05, 4.69) is 10.5 Å². The minimum atomic E-state index is -0.354. The van der Waals surface area contributed by atoms with Crippen LogP contribution in [0.3, 0.4) is 0 Å². The van der Waals surface area contributed by atoms with E-state index in [-0.39, 0.29) is 12.5 Å². The van der Waals surface area contributed by atoms with Crippen molar-refractivity contribution >= 4 is 11.6 Å². The van der Waals surface area contributed by atoms with Crippen molar-refractivity contribution in [3.8, 4) is 11.5 Å². The van der Waals surface area contributed by atoms with Crippen LogP contribution >= 0.6 is 0 Å². The van der Waals surface area contributed by atoms with E-state index in [1.54, 1.807) is 26.2 Å². The van der Waals surface area contributed by atoms with Crippen molar-refractivity contribution < 1.29 is 18.7 Å². The van der Waals surface area contributed by atoms with Crippen LogP contribution in [0.15, 0.2) is 39.9 Å². The first kappa shape index (κ1) is 16.6. The third-order valence-electron chi connectivity index (χ3n) is 3.21. The Hall–Kier alpha value is -2.76. The summed E-state index contributed by atoms with van der Waals surface area (Å²) in [5.41, 5.74) is 4.01. The van der Waals surface area contributed by atoms with Crippen LogP contribution in [0.2, 0.25) is 0 Å². The van der Waals surface area contributed by atoms with Gasteiger partial charge in [0.25, 0.3) is 5.91 Å². The van der Waals surface area contributed by atoms with Gasteiger partial charge in [-0.15, -0.1) is 0 Å². The molecule has 0 aliphatic carbocycles. The number of rotatable bonds is 6. The molecule has 0 spiro atoms. The number of nitrogens with zero attached hydrogens (tertiary/aromatic N) is 1. The number of para-hydroxylation sites is 2. The molecular formula is C17H20N2O4. The van der Waals surface area contributed by atoms with Crippen LogP contribution in [-0.2, 0) is 4.79 Å². The molecule has 0 saturated heterocycles. The fraction of sp³-hybridized carbons (Fsp3) is 0.294. The number of hydrogen-bond acceptors (Lipinski definition) is 5. The quantitative estimate of drug-likeness (QED) is 0.657. The molecule has 1 aromatic heterocycles. The van der Waals surface area contributed by atoms with Crippen LogP contribution in [-0.4, -0.2) is 25.3 Å². The second-order valence-electron chi connectivity index (χ2n) is 5.00. The Bertz CT molecular complexity index is 719. The van der Waals surface area contributed by atoms with E-state index in [1.165, 1.54) is 0 Å². The molecule has 2 aromatic rings. The highest BCUT2D eigenvalue weighted by Crippen LogP contribution is 2.25. The molecule has 0 fully saturated rings. The third kappa shape index (κ3) is 4.35. The second kappa shape index (κ2) is 7.49. The summed E-state index contributed by atoms with van der Waals surface area (Å²) in [6, 6.07) is 9.01. The van der Waals surface area contributed by atoms with Gasteiger partial charge in [0.2, 0.25) is 0 Å². The monoisotopic (exact) mass is 316 g/mol. The molecule has 23 heavy (non-hydrogen) atoms. The lowest BCUT2D eigenvalue weighted by Crippen LogP contribution is -2.25. The fourth-order valence-corrected chi connectivity index (χ4v) is 2.11. The second-order valence-corrected chi connectivity index (χ2v) is 5.00. The first-order chi connectivity index (χ1) is 11.0. The van der Waals surface area contributed by atoms with Gasteiger partial charge in [0.15, 0.2) is 18.1 Å². The highest BCUT2D eigenvalue weighted by atomic mass is 16.5. The molecule has 0 saturated carbocycles. The van der Waals surface area contributed by atoms with Gasteiger partial charge < -0.3 is 13.9 Å². The van der Waals surface area contributed by atoms with E-state index in [0.29, 0.717) is 17.2 Å². The Morgan fingerprint density at radius 2 is 1.96 bits per heavy atom. The van der Waals surface area contributed by atoms with Crippen molar-refractivity contribution in [2.45, 2.75) is 20.8 Å². The standard InChI is InChI=1S/C17H20N2O4/c1-11-9-14(13(3)23-11)12(2)18-19-17(20)10-22-16-8-6-5-7-15(16)21-4/h5-9H,10H2,1-4H3,(H,19,20)/b18-12-. The summed E-state index contributed by atoms with van der Waals surface area (Å²) < 4.78 is 16.0. The number of nitrogens with one attached hydrogen (secondary N) is 1. The molecule has 0 bridgehead atoms. The number of ether oxygens (including phenoxy) is 2. The van der Waals surface area contributed by atoms with Crippen LogP contribution < -0.4 is 14.9 Å². The molecule has 0 aliphatic heterocycles. The smallest absolute Gasteiger partial charge is 0.277 e. The summed E-state index contributed by atoms with van der Waals surface area (Å²) in [7, 11) is 1.55. The number of benzene rings is 1. The largest absolute Gasteiger partial charge is 0.493 e. The molecular weight excluding hydrogens is 296 g/mol. The molecule has 6 heteroatoms. The maximum atomic E-state index is 11.8. The average Bonchev–Trinajstić information content (AvgIpc) is 2.89. The van der Waals surface area contributed by atoms with E-state index in [0.717, 1.165) is 17.1 Å². The molecule has 0 radical (unpaired) electrons. The van der Waals surface area contributed by atoms with Gasteiger partial charge >= 0.3 is 0 Å². The van der Waals surface area contributed by atoms with E-state index in [4.69, 9.17) is 13.9 Å². The molecule has 1 N–H and O–H groups in total. The molecule has 1 aromatic carbocycles. The van der Waals surface area contributed by atoms with Gasteiger partial charge in [-0.3, -0.25) is 4.79 Å². The molecule has 0 aliphatic rings. The fourth-order valence-electron chi connectivity index (χ4n) is 2.11. The zero-order valence-electron chi connectivity index (χ0n) is 13.7. The maximum absolute atomic E-state index is 11.8. The van der Waals surface area contributed by atoms with E-state index in [9.17, 15) is 4.79 Å². The number of methoxy groups -OCH3 is 1. The van der Waals surface area contributed by atoms with Crippen LogP contribution in [0.1, 0.15) is 24.0 Å². The van der Waals surface area contributed by atoms with E-state index in [1.807, 2.05) is 32.0 Å². The topological polar surface area (TPSA) is 73.1 Å². The predicted octanol–water partition coefficient (Wildman–Crippen LogP) is 2.82. The number of hydrogen-bond donors (Lipinski definition) is 1. The van der Waals surface area contributed by atoms with Gasteiger partial charge in [-0.2, -0.15) is 5.10 Å². The lowest BCUT2D eigenvalue weighted by atomic mass is 10.2. The zero-order chi connectivity index (χ0) is 16.8. The maximum Gasteiger partial charge on any atom is 0.277 e. The van der Waals surface area contributed by atoms with Crippen molar-refractivity contribution in [3.63, 3.8) is 0 Å². The third-order valence-corrected chi connectivity index (χ3v) is 3.21. The predicted molar refractivity (Wildman–Crippen MR) is 87.0 cm³/mol. The van der Waals surface area contributed by atoms with Crippen molar-refractivity contribution in [1.29, 1.82) is 0 Å². The van der Waals surface area contributed by atoms with Crippen molar-refractivity contribution in [1.82, 2.24) is 5.43 Å². The first-order valence-electron chi connectivity index (χ1n) is 7.17. The van der Waals surface area contributed by atoms with Gasteiger partial charge in [0.05, 0.1) is 12.8 Å². The molecule has 122 valence electrons. The summed E-state index contributed by atoms with van der Waals surface area (Å²) in [5.74, 6) is 2.30. The number of hydrazone groups is 1. The Balaban J connectivity index is 1.92. The number of amides is 1.